The molecule has 0 spiro atoms. The van der Waals surface area contributed by atoms with Crippen molar-refractivity contribution in [3.8, 4) is 11.4 Å². The maximum absolute atomic E-state index is 13.3. The van der Waals surface area contributed by atoms with Crippen molar-refractivity contribution < 1.29 is 9.32 Å². The van der Waals surface area contributed by atoms with Gasteiger partial charge < -0.3 is 9.84 Å². The first kappa shape index (κ1) is 20.8. The van der Waals surface area contributed by atoms with Gasteiger partial charge in [0.1, 0.15) is 12.1 Å². The molecule has 3 heterocycles. The van der Waals surface area contributed by atoms with Crippen LogP contribution in [0.3, 0.4) is 0 Å². The Morgan fingerprint density at radius 2 is 2.03 bits per heavy atom. The molecule has 0 atom stereocenters. The van der Waals surface area contributed by atoms with Crippen molar-refractivity contribution in [3.63, 3.8) is 0 Å². The fourth-order valence-corrected chi connectivity index (χ4v) is 3.88. The number of benzene rings is 1. The van der Waals surface area contributed by atoms with Crippen molar-refractivity contribution in [2.45, 2.75) is 59.5 Å². The van der Waals surface area contributed by atoms with Crippen molar-refractivity contribution in [2.75, 3.05) is 5.32 Å². The third kappa shape index (κ3) is 3.83. The van der Waals surface area contributed by atoms with Crippen LogP contribution in [0.25, 0.3) is 11.4 Å². The lowest BCUT2D eigenvalue weighted by Gasteiger charge is -2.21. The van der Waals surface area contributed by atoms with Crippen molar-refractivity contribution >= 4 is 11.6 Å². The Morgan fingerprint density at radius 3 is 2.77 bits per heavy atom. The van der Waals surface area contributed by atoms with E-state index in [0.717, 1.165) is 28.5 Å². The highest BCUT2D eigenvalue weighted by atomic mass is 16.5. The van der Waals surface area contributed by atoms with Gasteiger partial charge in [0, 0.05) is 24.3 Å². The van der Waals surface area contributed by atoms with Crippen molar-refractivity contribution in [2.24, 2.45) is 0 Å². The van der Waals surface area contributed by atoms with Crippen molar-refractivity contribution in [3.05, 3.63) is 61.7 Å². The van der Waals surface area contributed by atoms with Gasteiger partial charge in [0.25, 0.3) is 5.56 Å². The van der Waals surface area contributed by atoms with E-state index in [4.69, 9.17) is 4.52 Å². The summed E-state index contributed by atoms with van der Waals surface area (Å²) in [4.78, 5) is 43.4. The number of hydrogen-bond acceptors (Lipinski definition) is 6. The summed E-state index contributed by atoms with van der Waals surface area (Å²) in [6.45, 7) is 5.82. The maximum atomic E-state index is 13.3. The number of amides is 1. The lowest BCUT2D eigenvalue weighted by molar-refractivity contribution is -0.116. The molecule has 3 aromatic rings. The Hall–Kier alpha value is -3.49. The van der Waals surface area contributed by atoms with Crippen LogP contribution in [0.2, 0.25) is 0 Å². The number of fused-ring (bicyclic) bond motifs is 1. The molecule has 9 heteroatoms. The molecule has 0 saturated carbocycles. The minimum Gasteiger partial charge on any atom is -0.339 e. The standard InChI is InChI=1S/C22H25N5O4/c1-4-18-24-20(25-31-18)19-16-10-5-6-11-26(16)22(30)27(21(19)29)12-17(28)23-15-9-7-8-13(2)14(15)3/h7-9H,4-6,10-12H2,1-3H3,(H,23,28). The van der Waals surface area contributed by atoms with E-state index in [2.05, 4.69) is 15.5 Å². The van der Waals surface area contributed by atoms with Crippen LogP contribution in [0.4, 0.5) is 5.69 Å². The number of nitrogens with zero attached hydrogens (tertiary/aromatic N) is 4. The van der Waals surface area contributed by atoms with Gasteiger partial charge in [-0.1, -0.05) is 24.2 Å². The first-order chi connectivity index (χ1) is 14.9. The van der Waals surface area contributed by atoms with Crippen LogP contribution in [0, 0.1) is 13.8 Å². The van der Waals surface area contributed by atoms with Crippen molar-refractivity contribution in [1.82, 2.24) is 19.3 Å². The summed E-state index contributed by atoms with van der Waals surface area (Å²) < 4.78 is 7.72. The minimum atomic E-state index is -0.572. The van der Waals surface area contributed by atoms with Gasteiger partial charge in [0.05, 0.1) is 0 Å². The van der Waals surface area contributed by atoms with Crippen LogP contribution in [0.15, 0.2) is 32.3 Å². The highest BCUT2D eigenvalue weighted by molar-refractivity contribution is 5.91. The zero-order valence-corrected chi connectivity index (χ0v) is 17.9. The molecule has 9 nitrogen and oxygen atoms in total. The number of aromatic nitrogens is 4. The number of carbonyl (C=O) groups is 1. The van der Waals surface area contributed by atoms with Crippen LogP contribution in [0.5, 0.6) is 0 Å². The second kappa shape index (κ2) is 8.33. The maximum Gasteiger partial charge on any atom is 0.331 e. The molecule has 1 amide bonds. The number of carbonyl (C=O) groups excluding carboxylic acids is 1. The largest absolute Gasteiger partial charge is 0.339 e. The predicted octanol–water partition coefficient (Wildman–Crippen LogP) is 2.21. The molecule has 0 aliphatic carbocycles. The first-order valence-electron chi connectivity index (χ1n) is 10.5. The van der Waals surface area contributed by atoms with Gasteiger partial charge in [-0.2, -0.15) is 4.98 Å². The zero-order chi connectivity index (χ0) is 22.1. The Balaban J connectivity index is 1.76. The Morgan fingerprint density at radius 1 is 1.23 bits per heavy atom. The average Bonchev–Trinajstić information content (AvgIpc) is 3.23. The molecule has 0 unspecified atom stereocenters. The molecular weight excluding hydrogens is 398 g/mol. The fourth-order valence-electron chi connectivity index (χ4n) is 3.88. The molecule has 2 aromatic heterocycles. The molecular formula is C22H25N5O4. The molecule has 1 aliphatic heterocycles. The summed E-state index contributed by atoms with van der Waals surface area (Å²) >= 11 is 0. The molecule has 1 aromatic carbocycles. The summed E-state index contributed by atoms with van der Waals surface area (Å²) in [6.07, 6.45) is 2.80. The second-order valence-corrected chi connectivity index (χ2v) is 7.77. The average molecular weight is 423 g/mol. The molecule has 0 fully saturated rings. The molecule has 4 rings (SSSR count). The molecule has 1 N–H and O–H groups in total. The van der Waals surface area contributed by atoms with Gasteiger partial charge in [-0.15, -0.1) is 0 Å². The van der Waals surface area contributed by atoms with Crippen LogP contribution >= 0.6 is 0 Å². The van der Waals surface area contributed by atoms with Crippen LogP contribution < -0.4 is 16.6 Å². The topological polar surface area (TPSA) is 112 Å². The summed E-state index contributed by atoms with van der Waals surface area (Å²) in [5.74, 6) is 0.128. The molecule has 0 radical (unpaired) electrons. The van der Waals surface area contributed by atoms with Crippen LogP contribution in [-0.4, -0.2) is 25.2 Å². The molecule has 0 saturated heterocycles. The van der Waals surface area contributed by atoms with Gasteiger partial charge in [0.15, 0.2) is 0 Å². The number of rotatable bonds is 5. The molecule has 1 aliphatic rings. The number of hydrogen-bond donors (Lipinski definition) is 1. The van der Waals surface area contributed by atoms with E-state index < -0.39 is 23.7 Å². The van der Waals surface area contributed by atoms with Gasteiger partial charge in [-0.25, -0.2) is 4.79 Å². The summed E-state index contributed by atoms with van der Waals surface area (Å²) in [5, 5.41) is 6.76. The van der Waals surface area contributed by atoms with Crippen LogP contribution in [0.1, 0.15) is 42.5 Å². The summed E-state index contributed by atoms with van der Waals surface area (Å²) in [7, 11) is 0. The summed E-state index contributed by atoms with van der Waals surface area (Å²) in [5.41, 5.74) is 2.41. The van der Waals surface area contributed by atoms with E-state index in [9.17, 15) is 14.4 Å². The quantitative estimate of drug-likeness (QED) is 0.673. The van der Waals surface area contributed by atoms with Gasteiger partial charge in [-0.05, 0) is 50.3 Å². The van der Waals surface area contributed by atoms with Crippen molar-refractivity contribution in [1.29, 1.82) is 0 Å². The number of nitrogens with one attached hydrogen (secondary N) is 1. The SMILES string of the molecule is CCc1nc(-c2c3n(c(=O)n(CC(=O)Nc4cccc(C)c4C)c2=O)CCCC3)no1. The van der Waals surface area contributed by atoms with Gasteiger partial charge in [0.2, 0.25) is 17.6 Å². The smallest absolute Gasteiger partial charge is 0.331 e. The minimum absolute atomic E-state index is 0.163. The van der Waals surface area contributed by atoms with E-state index in [-0.39, 0.29) is 11.4 Å². The first-order valence-corrected chi connectivity index (χ1v) is 10.5. The highest BCUT2D eigenvalue weighted by Crippen LogP contribution is 2.22. The second-order valence-electron chi connectivity index (χ2n) is 7.77. The highest BCUT2D eigenvalue weighted by Gasteiger charge is 2.26. The summed E-state index contributed by atoms with van der Waals surface area (Å²) in [6, 6.07) is 5.59. The normalized spacial score (nSPS) is 13.1. The van der Waals surface area contributed by atoms with E-state index >= 15 is 0 Å². The lowest BCUT2D eigenvalue weighted by Crippen LogP contribution is -2.45. The Kier molecular flexibility index (Phi) is 5.58. The van der Waals surface area contributed by atoms with E-state index in [1.807, 2.05) is 32.9 Å². The van der Waals surface area contributed by atoms with Gasteiger partial charge in [-0.3, -0.25) is 18.7 Å². The number of anilines is 1. The third-order valence-corrected chi connectivity index (χ3v) is 5.76. The van der Waals surface area contributed by atoms with Crippen LogP contribution in [-0.2, 0) is 30.7 Å². The Labute approximate surface area is 178 Å². The number of aryl methyl sites for hydroxylation is 2. The van der Waals surface area contributed by atoms with E-state index in [1.54, 1.807) is 10.6 Å². The molecule has 162 valence electrons. The fraction of sp³-hybridized carbons (Fsp3) is 0.409. The molecule has 0 bridgehead atoms. The monoisotopic (exact) mass is 423 g/mol. The Bertz CT molecular complexity index is 1270. The predicted molar refractivity (Wildman–Crippen MR) is 115 cm³/mol. The third-order valence-electron chi connectivity index (χ3n) is 5.76. The lowest BCUT2D eigenvalue weighted by atomic mass is 10.0. The van der Waals surface area contributed by atoms with E-state index in [1.165, 1.54) is 0 Å². The van der Waals surface area contributed by atoms with Gasteiger partial charge >= 0.3 is 5.69 Å². The van der Waals surface area contributed by atoms with E-state index in [0.29, 0.717) is 36.7 Å². The zero-order valence-electron chi connectivity index (χ0n) is 17.9. The molecule has 31 heavy (non-hydrogen) atoms.